The van der Waals surface area contributed by atoms with Crippen LogP contribution in [0.5, 0.6) is 0 Å². The number of piperidine rings is 1. The first-order valence-corrected chi connectivity index (χ1v) is 9.55. The zero-order valence-corrected chi connectivity index (χ0v) is 16.1. The summed E-state index contributed by atoms with van der Waals surface area (Å²) in [6, 6.07) is 0.204. The number of hydrogen-bond acceptors (Lipinski definition) is 7. The van der Waals surface area contributed by atoms with E-state index in [4.69, 9.17) is 4.74 Å². The fraction of sp³-hybridized carbons (Fsp3) is 0.667. The fourth-order valence-electron chi connectivity index (χ4n) is 3.31. The van der Waals surface area contributed by atoms with Crippen molar-refractivity contribution in [2.24, 2.45) is 0 Å². The Balaban J connectivity index is 1.48. The Morgan fingerprint density at radius 3 is 2.30 bits per heavy atom. The maximum absolute atomic E-state index is 12.5. The Morgan fingerprint density at radius 1 is 1.07 bits per heavy atom. The molecule has 2 amide bonds. The van der Waals surface area contributed by atoms with Crippen LogP contribution < -0.4 is 5.32 Å². The van der Waals surface area contributed by atoms with E-state index in [0.29, 0.717) is 31.2 Å². The van der Waals surface area contributed by atoms with Gasteiger partial charge in [0.1, 0.15) is 0 Å². The second-order valence-corrected chi connectivity index (χ2v) is 7.00. The number of nitrogens with zero attached hydrogens (tertiary/aromatic N) is 5. The van der Waals surface area contributed by atoms with Crippen LogP contribution >= 0.6 is 0 Å². The number of carbonyl (C=O) groups excluding carboxylic acids is 2. The van der Waals surface area contributed by atoms with Crippen molar-refractivity contribution in [2.75, 3.05) is 58.2 Å². The summed E-state index contributed by atoms with van der Waals surface area (Å²) in [5.41, 5.74) is 0.516. The quantitative estimate of drug-likeness (QED) is 0.835. The zero-order chi connectivity index (χ0) is 19.2. The first kappa shape index (κ1) is 19.3. The van der Waals surface area contributed by atoms with Gasteiger partial charge in [-0.05, 0) is 26.8 Å². The number of likely N-dealkylation sites (tertiary alicyclic amines) is 1. The number of nitrogens with one attached hydrogen (secondary N) is 1. The molecule has 1 aromatic heterocycles. The first-order valence-electron chi connectivity index (χ1n) is 9.55. The van der Waals surface area contributed by atoms with Gasteiger partial charge >= 0.3 is 6.09 Å². The largest absolute Gasteiger partial charge is 0.450 e. The summed E-state index contributed by atoms with van der Waals surface area (Å²) >= 11 is 0. The predicted octanol–water partition coefficient (Wildman–Crippen LogP) is 0.897. The Labute approximate surface area is 159 Å². The number of hydrogen-bond donors (Lipinski definition) is 1. The predicted molar refractivity (Wildman–Crippen MR) is 101 cm³/mol. The van der Waals surface area contributed by atoms with Gasteiger partial charge in [0.2, 0.25) is 5.95 Å². The Bertz CT molecular complexity index is 637. The summed E-state index contributed by atoms with van der Waals surface area (Å²) in [4.78, 5) is 38.6. The molecule has 1 N–H and O–H groups in total. The lowest BCUT2D eigenvalue weighted by Crippen LogP contribution is -2.47. The molecule has 0 aliphatic carbocycles. The molecular weight excluding hydrogens is 348 g/mol. The number of piperazine rings is 1. The van der Waals surface area contributed by atoms with Gasteiger partial charge in [-0.3, -0.25) is 4.79 Å². The summed E-state index contributed by atoms with van der Waals surface area (Å²) in [6.45, 7) is 6.73. The molecule has 2 aliphatic heterocycles. The highest BCUT2D eigenvalue weighted by molar-refractivity contribution is 5.93. The third-order valence-electron chi connectivity index (χ3n) is 5.04. The van der Waals surface area contributed by atoms with Crippen LogP contribution in [0.25, 0.3) is 0 Å². The number of anilines is 1. The smallest absolute Gasteiger partial charge is 0.409 e. The standard InChI is InChI=1S/C18H28N6O3/c1-3-27-18(26)24-6-4-15(5-7-24)21-17-19-12-14(13-20-17)16(25)23-10-8-22(2)9-11-23/h12-13,15H,3-11H2,1-2H3,(H,19,20,21). The fourth-order valence-corrected chi connectivity index (χ4v) is 3.31. The van der Waals surface area contributed by atoms with Crippen molar-refractivity contribution in [3.05, 3.63) is 18.0 Å². The molecule has 0 unspecified atom stereocenters. The van der Waals surface area contributed by atoms with Crippen LogP contribution in [0.2, 0.25) is 0 Å². The van der Waals surface area contributed by atoms with Crippen LogP contribution in [0.3, 0.4) is 0 Å². The molecule has 0 radical (unpaired) electrons. The van der Waals surface area contributed by atoms with Gasteiger partial charge in [-0.25, -0.2) is 14.8 Å². The summed E-state index contributed by atoms with van der Waals surface area (Å²) in [7, 11) is 2.06. The van der Waals surface area contributed by atoms with E-state index in [1.807, 2.05) is 11.8 Å². The van der Waals surface area contributed by atoms with E-state index in [9.17, 15) is 9.59 Å². The molecule has 1 aromatic rings. The zero-order valence-electron chi connectivity index (χ0n) is 16.1. The normalized spacial score (nSPS) is 19.0. The molecular formula is C18H28N6O3. The second kappa shape index (κ2) is 8.98. The molecule has 2 aliphatic rings. The van der Waals surface area contributed by atoms with Gasteiger partial charge in [-0.1, -0.05) is 0 Å². The van der Waals surface area contributed by atoms with E-state index < -0.39 is 0 Å². The van der Waals surface area contributed by atoms with Crippen molar-refractivity contribution in [3.63, 3.8) is 0 Å². The number of amides is 2. The average molecular weight is 376 g/mol. The molecule has 0 aromatic carbocycles. The number of carbonyl (C=O) groups is 2. The van der Waals surface area contributed by atoms with Crippen molar-refractivity contribution in [2.45, 2.75) is 25.8 Å². The monoisotopic (exact) mass is 376 g/mol. The molecule has 9 heteroatoms. The Kier molecular flexibility index (Phi) is 6.44. The van der Waals surface area contributed by atoms with Gasteiger partial charge in [-0.15, -0.1) is 0 Å². The topological polar surface area (TPSA) is 90.9 Å². The van der Waals surface area contributed by atoms with Crippen LogP contribution in [-0.2, 0) is 4.74 Å². The average Bonchev–Trinajstić information content (AvgIpc) is 2.69. The lowest BCUT2D eigenvalue weighted by Gasteiger charge is -2.32. The molecule has 2 saturated heterocycles. The lowest BCUT2D eigenvalue weighted by atomic mass is 10.1. The van der Waals surface area contributed by atoms with Gasteiger partial charge in [0.05, 0.1) is 12.2 Å². The van der Waals surface area contributed by atoms with Crippen molar-refractivity contribution in [1.82, 2.24) is 24.7 Å². The van der Waals surface area contributed by atoms with Crippen LogP contribution in [0.4, 0.5) is 10.7 Å². The molecule has 9 nitrogen and oxygen atoms in total. The van der Waals surface area contributed by atoms with Crippen LogP contribution in [0, 0.1) is 0 Å². The summed E-state index contributed by atoms with van der Waals surface area (Å²) in [5, 5.41) is 3.29. The third kappa shape index (κ3) is 5.06. The van der Waals surface area contributed by atoms with E-state index >= 15 is 0 Å². The van der Waals surface area contributed by atoms with Gasteiger partial charge in [0, 0.05) is 57.7 Å². The van der Waals surface area contributed by atoms with E-state index in [1.165, 1.54) is 0 Å². The van der Waals surface area contributed by atoms with Crippen LogP contribution in [-0.4, -0.2) is 95.6 Å². The molecule has 0 bridgehead atoms. The molecule has 3 rings (SSSR count). The van der Waals surface area contributed by atoms with Crippen LogP contribution in [0.15, 0.2) is 12.4 Å². The van der Waals surface area contributed by atoms with E-state index in [2.05, 4.69) is 27.2 Å². The summed E-state index contributed by atoms with van der Waals surface area (Å²) < 4.78 is 5.03. The minimum Gasteiger partial charge on any atom is -0.450 e. The first-order chi connectivity index (χ1) is 13.1. The van der Waals surface area contributed by atoms with Crippen LogP contribution in [0.1, 0.15) is 30.1 Å². The second-order valence-electron chi connectivity index (χ2n) is 7.00. The van der Waals surface area contributed by atoms with Crippen molar-refractivity contribution in [1.29, 1.82) is 0 Å². The molecule has 27 heavy (non-hydrogen) atoms. The SMILES string of the molecule is CCOC(=O)N1CCC(Nc2ncc(C(=O)N3CCN(C)CC3)cn2)CC1. The van der Waals surface area contributed by atoms with Gasteiger partial charge in [-0.2, -0.15) is 0 Å². The van der Waals surface area contributed by atoms with Gasteiger partial charge < -0.3 is 24.8 Å². The molecule has 148 valence electrons. The maximum atomic E-state index is 12.5. The van der Waals surface area contributed by atoms with Crippen molar-refractivity contribution >= 4 is 17.9 Å². The van der Waals surface area contributed by atoms with Crippen molar-refractivity contribution < 1.29 is 14.3 Å². The lowest BCUT2D eigenvalue weighted by molar-refractivity contribution is 0.0663. The Hall–Kier alpha value is -2.42. The maximum Gasteiger partial charge on any atom is 0.409 e. The molecule has 3 heterocycles. The highest BCUT2D eigenvalue weighted by Crippen LogP contribution is 2.15. The van der Waals surface area contributed by atoms with Gasteiger partial charge in [0.15, 0.2) is 0 Å². The van der Waals surface area contributed by atoms with Gasteiger partial charge in [0.25, 0.3) is 5.91 Å². The van der Waals surface area contributed by atoms with E-state index in [1.54, 1.807) is 17.3 Å². The molecule has 2 fully saturated rings. The summed E-state index contributed by atoms with van der Waals surface area (Å²) in [5.74, 6) is 0.497. The Morgan fingerprint density at radius 2 is 1.70 bits per heavy atom. The van der Waals surface area contributed by atoms with Crippen molar-refractivity contribution in [3.8, 4) is 0 Å². The highest BCUT2D eigenvalue weighted by Gasteiger charge is 2.24. The van der Waals surface area contributed by atoms with E-state index in [0.717, 1.165) is 39.0 Å². The molecule has 0 saturated carbocycles. The third-order valence-corrected chi connectivity index (χ3v) is 5.04. The minimum absolute atomic E-state index is 0.0163. The highest BCUT2D eigenvalue weighted by atomic mass is 16.6. The number of rotatable bonds is 4. The number of likely N-dealkylation sites (N-methyl/N-ethyl adjacent to an activating group) is 1. The number of ether oxygens (including phenoxy) is 1. The minimum atomic E-state index is -0.251. The molecule has 0 spiro atoms. The molecule has 0 atom stereocenters. The number of aromatic nitrogens is 2. The summed E-state index contributed by atoms with van der Waals surface area (Å²) in [6.07, 6.45) is 4.54. The van der Waals surface area contributed by atoms with E-state index in [-0.39, 0.29) is 18.0 Å².